The molecule has 3 rings (SSSR count). The molecule has 0 spiro atoms. The van der Waals surface area contributed by atoms with E-state index in [1.165, 1.54) is 4.70 Å². The van der Waals surface area contributed by atoms with E-state index in [4.69, 9.17) is 27.9 Å². The van der Waals surface area contributed by atoms with Crippen LogP contribution >= 0.6 is 34.5 Å². The van der Waals surface area contributed by atoms with Crippen molar-refractivity contribution in [2.24, 2.45) is 0 Å². The number of rotatable bonds is 3. The van der Waals surface area contributed by atoms with Gasteiger partial charge in [-0.15, -0.1) is 11.3 Å². The Kier molecular flexibility index (Phi) is 3.65. The molecule has 4 heteroatoms. The Labute approximate surface area is 125 Å². The van der Waals surface area contributed by atoms with Crippen LogP contribution in [0.3, 0.4) is 0 Å². The van der Waals surface area contributed by atoms with E-state index in [-0.39, 0.29) is 0 Å². The van der Waals surface area contributed by atoms with Gasteiger partial charge < -0.3 is 4.74 Å². The molecule has 1 heterocycles. The maximum absolute atomic E-state index is 6.24. The van der Waals surface area contributed by atoms with E-state index in [9.17, 15) is 0 Å². The first-order chi connectivity index (χ1) is 9.25. The van der Waals surface area contributed by atoms with Gasteiger partial charge in [-0.2, -0.15) is 0 Å². The van der Waals surface area contributed by atoms with Crippen LogP contribution in [0.15, 0.2) is 47.8 Å². The van der Waals surface area contributed by atoms with Crippen LogP contribution in [0.1, 0.15) is 5.56 Å². The molecular formula is C15H10Cl2OS. The monoisotopic (exact) mass is 308 g/mol. The van der Waals surface area contributed by atoms with E-state index in [1.54, 1.807) is 11.3 Å². The van der Waals surface area contributed by atoms with Gasteiger partial charge in [0.05, 0.1) is 5.02 Å². The lowest BCUT2D eigenvalue weighted by Gasteiger charge is -2.07. The SMILES string of the molecule is Clc1ccccc1OCc1csc2cccc(Cl)c12. The van der Waals surface area contributed by atoms with Crippen molar-refractivity contribution in [1.29, 1.82) is 0 Å². The summed E-state index contributed by atoms with van der Waals surface area (Å²) >= 11 is 14.0. The Morgan fingerprint density at radius 1 is 0.947 bits per heavy atom. The third-order valence-corrected chi connectivity index (χ3v) is 4.47. The number of thiophene rings is 1. The van der Waals surface area contributed by atoms with Crippen molar-refractivity contribution in [3.63, 3.8) is 0 Å². The number of para-hydroxylation sites is 1. The molecule has 0 fully saturated rings. The fraction of sp³-hybridized carbons (Fsp3) is 0.0667. The first-order valence-electron chi connectivity index (χ1n) is 5.77. The Hall–Kier alpha value is -1.22. The van der Waals surface area contributed by atoms with Gasteiger partial charge in [0.2, 0.25) is 0 Å². The summed E-state index contributed by atoms with van der Waals surface area (Å²) in [5.41, 5.74) is 1.09. The highest BCUT2D eigenvalue weighted by molar-refractivity contribution is 7.17. The van der Waals surface area contributed by atoms with Crippen LogP contribution in [0.5, 0.6) is 5.75 Å². The van der Waals surface area contributed by atoms with Crippen molar-refractivity contribution in [1.82, 2.24) is 0 Å². The number of hydrogen-bond donors (Lipinski definition) is 0. The largest absolute Gasteiger partial charge is 0.487 e. The lowest BCUT2D eigenvalue weighted by Crippen LogP contribution is -1.94. The van der Waals surface area contributed by atoms with Crippen molar-refractivity contribution < 1.29 is 4.74 Å². The van der Waals surface area contributed by atoms with Gasteiger partial charge in [0.25, 0.3) is 0 Å². The van der Waals surface area contributed by atoms with E-state index < -0.39 is 0 Å². The predicted molar refractivity (Wildman–Crippen MR) is 82.6 cm³/mol. The standard InChI is InChI=1S/C15H10Cl2OS/c16-11-4-1-2-6-13(11)18-8-10-9-19-14-7-3-5-12(17)15(10)14/h1-7,9H,8H2. The third kappa shape index (κ3) is 2.57. The van der Waals surface area contributed by atoms with Gasteiger partial charge in [-0.05, 0) is 29.6 Å². The van der Waals surface area contributed by atoms with Crippen molar-refractivity contribution in [3.05, 3.63) is 63.5 Å². The predicted octanol–water partition coefficient (Wildman–Crippen LogP) is 5.79. The van der Waals surface area contributed by atoms with Gasteiger partial charge in [-0.1, -0.05) is 41.4 Å². The first-order valence-corrected chi connectivity index (χ1v) is 7.41. The molecule has 3 aromatic rings. The summed E-state index contributed by atoms with van der Waals surface area (Å²) in [5.74, 6) is 0.690. The highest BCUT2D eigenvalue weighted by atomic mass is 35.5. The normalized spacial score (nSPS) is 10.8. The number of benzene rings is 2. The van der Waals surface area contributed by atoms with Crippen LogP contribution in [0.25, 0.3) is 10.1 Å². The highest BCUT2D eigenvalue weighted by Crippen LogP contribution is 2.33. The number of halogens is 2. The average Bonchev–Trinajstić information content (AvgIpc) is 2.83. The Morgan fingerprint density at radius 2 is 1.74 bits per heavy atom. The summed E-state index contributed by atoms with van der Waals surface area (Å²) in [4.78, 5) is 0. The zero-order chi connectivity index (χ0) is 13.2. The number of fused-ring (bicyclic) bond motifs is 1. The van der Waals surface area contributed by atoms with Crippen molar-refractivity contribution >= 4 is 44.6 Å². The lowest BCUT2D eigenvalue weighted by atomic mass is 10.2. The van der Waals surface area contributed by atoms with Crippen LogP contribution in [0.4, 0.5) is 0 Å². The second-order valence-electron chi connectivity index (χ2n) is 4.09. The van der Waals surface area contributed by atoms with Gasteiger partial charge in [0, 0.05) is 20.7 Å². The summed E-state index contributed by atoms with van der Waals surface area (Å²) in [6.07, 6.45) is 0. The van der Waals surface area contributed by atoms with Crippen molar-refractivity contribution in [2.45, 2.75) is 6.61 Å². The Morgan fingerprint density at radius 3 is 2.58 bits per heavy atom. The van der Waals surface area contributed by atoms with Gasteiger partial charge in [-0.25, -0.2) is 0 Å². The minimum Gasteiger partial charge on any atom is -0.487 e. The minimum absolute atomic E-state index is 0.466. The summed E-state index contributed by atoms with van der Waals surface area (Å²) in [6, 6.07) is 13.4. The fourth-order valence-corrected chi connectivity index (χ4v) is 3.44. The molecule has 0 aliphatic heterocycles. The molecule has 19 heavy (non-hydrogen) atoms. The molecular weight excluding hydrogens is 299 g/mol. The zero-order valence-corrected chi connectivity index (χ0v) is 12.2. The van der Waals surface area contributed by atoms with Crippen LogP contribution in [0.2, 0.25) is 10.0 Å². The average molecular weight is 309 g/mol. The molecule has 0 aliphatic rings. The second-order valence-corrected chi connectivity index (χ2v) is 5.82. The van der Waals surface area contributed by atoms with Crippen LogP contribution < -0.4 is 4.74 Å². The van der Waals surface area contributed by atoms with E-state index in [0.717, 1.165) is 16.0 Å². The van der Waals surface area contributed by atoms with E-state index >= 15 is 0 Å². The molecule has 0 amide bonds. The third-order valence-electron chi connectivity index (χ3n) is 2.84. The lowest BCUT2D eigenvalue weighted by molar-refractivity contribution is 0.308. The summed E-state index contributed by atoms with van der Waals surface area (Å²) < 4.78 is 6.93. The number of ether oxygens (including phenoxy) is 1. The summed E-state index contributed by atoms with van der Waals surface area (Å²) in [6.45, 7) is 0.466. The minimum atomic E-state index is 0.466. The second kappa shape index (κ2) is 5.41. The van der Waals surface area contributed by atoms with Crippen LogP contribution in [0, 0.1) is 0 Å². The van der Waals surface area contributed by atoms with E-state index in [0.29, 0.717) is 17.4 Å². The van der Waals surface area contributed by atoms with Gasteiger partial charge in [-0.3, -0.25) is 0 Å². The molecule has 0 saturated carbocycles. The van der Waals surface area contributed by atoms with Gasteiger partial charge in [0.1, 0.15) is 12.4 Å². The fourth-order valence-electron chi connectivity index (χ4n) is 1.93. The highest BCUT2D eigenvalue weighted by Gasteiger charge is 2.09. The van der Waals surface area contributed by atoms with Crippen molar-refractivity contribution in [3.8, 4) is 5.75 Å². The molecule has 0 saturated heterocycles. The quantitative estimate of drug-likeness (QED) is 0.595. The van der Waals surface area contributed by atoms with Crippen molar-refractivity contribution in [2.75, 3.05) is 0 Å². The topological polar surface area (TPSA) is 9.23 Å². The maximum Gasteiger partial charge on any atom is 0.138 e. The Bertz CT molecular complexity index is 721. The molecule has 0 unspecified atom stereocenters. The molecule has 0 atom stereocenters. The van der Waals surface area contributed by atoms with E-state index in [2.05, 4.69) is 11.4 Å². The van der Waals surface area contributed by atoms with Crippen LogP contribution in [-0.4, -0.2) is 0 Å². The smallest absolute Gasteiger partial charge is 0.138 e. The molecule has 1 aromatic heterocycles. The molecule has 1 nitrogen and oxygen atoms in total. The molecule has 0 radical (unpaired) electrons. The molecule has 2 aromatic carbocycles. The number of hydrogen-bond acceptors (Lipinski definition) is 2. The molecule has 96 valence electrons. The Balaban J connectivity index is 1.89. The summed E-state index contributed by atoms with van der Waals surface area (Å²) in [7, 11) is 0. The van der Waals surface area contributed by atoms with E-state index in [1.807, 2.05) is 36.4 Å². The summed E-state index contributed by atoms with van der Waals surface area (Å²) in [5, 5.41) is 4.53. The van der Waals surface area contributed by atoms with Crippen LogP contribution in [-0.2, 0) is 6.61 Å². The molecule has 0 N–H and O–H groups in total. The zero-order valence-electron chi connectivity index (χ0n) is 9.90. The first kappa shape index (κ1) is 12.8. The van der Waals surface area contributed by atoms with Gasteiger partial charge >= 0.3 is 0 Å². The molecule has 0 bridgehead atoms. The maximum atomic E-state index is 6.24. The molecule has 0 aliphatic carbocycles. The van der Waals surface area contributed by atoms with Gasteiger partial charge in [0.15, 0.2) is 0 Å².